The van der Waals surface area contributed by atoms with Crippen LogP contribution in [0.4, 0.5) is 0 Å². The average Bonchev–Trinajstić information content (AvgIpc) is 3.31. The van der Waals surface area contributed by atoms with E-state index in [0.29, 0.717) is 36.2 Å². The van der Waals surface area contributed by atoms with E-state index in [0.717, 1.165) is 27.9 Å². The summed E-state index contributed by atoms with van der Waals surface area (Å²) < 4.78 is 17.7. The lowest BCUT2D eigenvalue weighted by Gasteiger charge is -2.25. The van der Waals surface area contributed by atoms with Gasteiger partial charge in [-0.25, -0.2) is 0 Å². The number of nitrogens with one attached hydrogen (secondary N) is 1. The third-order valence-corrected chi connectivity index (χ3v) is 5.84. The van der Waals surface area contributed by atoms with Gasteiger partial charge in [0.25, 0.3) is 0 Å². The molecule has 0 spiro atoms. The summed E-state index contributed by atoms with van der Waals surface area (Å²) in [6.45, 7) is 2.80. The fraction of sp³-hybridized carbons (Fsp3) is 0.143. The van der Waals surface area contributed by atoms with E-state index in [1.165, 1.54) is 0 Å². The highest BCUT2D eigenvalue weighted by Gasteiger charge is 2.36. The average molecular weight is 465 g/mol. The minimum atomic E-state index is -0.486. The number of ether oxygens (including phenoxy) is 3. The summed E-state index contributed by atoms with van der Waals surface area (Å²) in [5.41, 5.74) is 10.8. The zero-order chi connectivity index (χ0) is 24.2. The SMILES string of the molecule is CCOc1cc([C@@H]2C(C#N)=C(N)Oc3n[nH]c(-c4ccccc4)c32)ccc1OCc1ccccc1. The van der Waals surface area contributed by atoms with Gasteiger partial charge in [-0.3, -0.25) is 5.10 Å². The number of nitrogens with zero attached hydrogens (tertiary/aromatic N) is 2. The minimum Gasteiger partial charge on any atom is -0.490 e. The Kier molecular flexibility index (Phi) is 6.10. The quantitative estimate of drug-likeness (QED) is 0.386. The zero-order valence-corrected chi connectivity index (χ0v) is 19.2. The van der Waals surface area contributed by atoms with Crippen molar-refractivity contribution < 1.29 is 14.2 Å². The van der Waals surface area contributed by atoms with Gasteiger partial charge in [-0.2, -0.15) is 5.26 Å². The summed E-state index contributed by atoms with van der Waals surface area (Å²) in [4.78, 5) is 0. The molecule has 5 rings (SSSR count). The van der Waals surface area contributed by atoms with Gasteiger partial charge in [0.2, 0.25) is 11.8 Å². The lowest BCUT2D eigenvalue weighted by atomic mass is 9.83. The second-order valence-corrected chi connectivity index (χ2v) is 8.02. The first-order valence-electron chi connectivity index (χ1n) is 11.3. The van der Waals surface area contributed by atoms with E-state index in [-0.39, 0.29) is 5.88 Å². The highest BCUT2D eigenvalue weighted by Crippen LogP contribution is 2.47. The number of H-pyrrole nitrogens is 1. The number of nitrogens with two attached hydrogens (primary N) is 1. The van der Waals surface area contributed by atoms with Crippen molar-refractivity contribution in [1.82, 2.24) is 10.2 Å². The maximum atomic E-state index is 10.0. The van der Waals surface area contributed by atoms with Crippen molar-refractivity contribution in [1.29, 1.82) is 5.26 Å². The Morgan fingerprint density at radius 3 is 2.46 bits per heavy atom. The lowest BCUT2D eigenvalue weighted by molar-refractivity contribution is 0.269. The van der Waals surface area contributed by atoms with Crippen LogP contribution in [0, 0.1) is 11.3 Å². The molecule has 3 N–H and O–H groups in total. The summed E-state index contributed by atoms with van der Waals surface area (Å²) >= 11 is 0. The Labute approximate surface area is 203 Å². The zero-order valence-electron chi connectivity index (χ0n) is 19.2. The molecule has 0 unspecified atom stereocenters. The molecule has 0 fully saturated rings. The topological polar surface area (TPSA) is 106 Å². The molecule has 7 nitrogen and oxygen atoms in total. The van der Waals surface area contributed by atoms with Crippen molar-refractivity contribution in [3.63, 3.8) is 0 Å². The van der Waals surface area contributed by atoms with Crippen molar-refractivity contribution >= 4 is 0 Å². The van der Waals surface area contributed by atoms with Gasteiger partial charge in [-0.05, 0) is 35.7 Å². The molecule has 0 saturated heterocycles. The first-order chi connectivity index (χ1) is 17.2. The maximum absolute atomic E-state index is 10.0. The maximum Gasteiger partial charge on any atom is 0.244 e. The monoisotopic (exact) mass is 464 g/mol. The Balaban J connectivity index is 1.57. The Hall–Kier alpha value is -4.70. The van der Waals surface area contributed by atoms with Crippen molar-refractivity contribution in [2.75, 3.05) is 6.61 Å². The highest BCUT2D eigenvalue weighted by atomic mass is 16.5. The van der Waals surface area contributed by atoms with Crippen LogP contribution >= 0.6 is 0 Å². The van der Waals surface area contributed by atoms with Crippen molar-refractivity contribution in [2.45, 2.75) is 19.4 Å². The summed E-state index contributed by atoms with van der Waals surface area (Å²) in [5.74, 6) is 1.12. The number of aromatic nitrogens is 2. The second-order valence-electron chi connectivity index (χ2n) is 8.02. The molecule has 7 heteroatoms. The van der Waals surface area contributed by atoms with E-state index < -0.39 is 5.92 Å². The van der Waals surface area contributed by atoms with E-state index in [2.05, 4.69) is 16.3 Å². The standard InChI is InChI=1S/C28H24N4O3/c1-2-33-23-15-20(13-14-22(23)34-17-18-9-5-3-6-10-18)24-21(16-29)27(30)35-28-25(24)26(31-32-28)19-11-7-4-8-12-19/h3-15,24H,2,17,30H2,1H3,(H,31,32)/t24-/m1/s1. The summed E-state index contributed by atoms with van der Waals surface area (Å²) in [5, 5.41) is 17.4. The molecule has 0 aliphatic carbocycles. The molecular weight excluding hydrogens is 440 g/mol. The van der Waals surface area contributed by atoms with Gasteiger partial charge in [0.05, 0.1) is 23.8 Å². The molecule has 0 radical (unpaired) electrons. The molecule has 2 heterocycles. The number of nitriles is 1. The van der Waals surface area contributed by atoms with E-state index in [4.69, 9.17) is 19.9 Å². The molecule has 3 aromatic carbocycles. The smallest absolute Gasteiger partial charge is 0.244 e. The van der Waals surface area contributed by atoms with Crippen molar-refractivity contribution in [3.8, 4) is 34.7 Å². The number of allylic oxidation sites excluding steroid dienone is 1. The largest absolute Gasteiger partial charge is 0.490 e. The molecule has 4 aromatic rings. The van der Waals surface area contributed by atoms with Crippen LogP contribution in [0.2, 0.25) is 0 Å². The minimum absolute atomic E-state index is 0.0403. The van der Waals surface area contributed by atoms with Crippen LogP contribution in [0.15, 0.2) is 90.3 Å². The molecule has 0 bridgehead atoms. The van der Waals surface area contributed by atoms with E-state index in [9.17, 15) is 5.26 Å². The first kappa shape index (κ1) is 22.1. The number of hydrogen-bond acceptors (Lipinski definition) is 6. The molecule has 1 aliphatic heterocycles. The molecule has 1 aromatic heterocycles. The third kappa shape index (κ3) is 4.30. The van der Waals surface area contributed by atoms with Gasteiger partial charge in [-0.15, -0.1) is 5.10 Å². The van der Waals surface area contributed by atoms with Gasteiger partial charge in [0, 0.05) is 0 Å². The molecule has 0 saturated carbocycles. The molecule has 35 heavy (non-hydrogen) atoms. The molecule has 174 valence electrons. The van der Waals surface area contributed by atoms with E-state index in [1.54, 1.807) is 0 Å². The fourth-order valence-corrected chi connectivity index (χ4v) is 4.23. The fourth-order valence-electron chi connectivity index (χ4n) is 4.23. The van der Waals surface area contributed by atoms with Gasteiger partial charge in [0.1, 0.15) is 18.2 Å². The number of fused-ring (bicyclic) bond motifs is 1. The van der Waals surface area contributed by atoms with Gasteiger partial charge >= 0.3 is 0 Å². The van der Waals surface area contributed by atoms with Crippen LogP contribution in [-0.4, -0.2) is 16.8 Å². The molecule has 1 aliphatic rings. The highest BCUT2D eigenvalue weighted by molar-refractivity contribution is 5.71. The normalized spacial score (nSPS) is 14.6. The molecule has 1 atom stereocenters. The number of aromatic amines is 1. The van der Waals surface area contributed by atoms with Crippen LogP contribution < -0.4 is 19.9 Å². The van der Waals surface area contributed by atoms with Crippen LogP contribution in [0.1, 0.15) is 29.5 Å². The van der Waals surface area contributed by atoms with E-state index in [1.807, 2.05) is 85.8 Å². The predicted octanol–water partition coefficient (Wildman–Crippen LogP) is 5.27. The number of hydrogen-bond donors (Lipinski definition) is 2. The Bertz CT molecular complexity index is 1410. The van der Waals surface area contributed by atoms with Crippen LogP contribution in [0.25, 0.3) is 11.3 Å². The summed E-state index contributed by atoms with van der Waals surface area (Å²) in [6.07, 6.45) is 0. The second kappa shape index (κ2) is 9.65. The van der Waals surface area contributed by atoms with Crippen molar-refractivity contribution in [3.05, 3.63) is 107 Å². The van der Waals surface area contributed by atoms with Gasteiger partial charge < -0.3 is 19.9 Å². The molecule has 0 amide bonds. The Morgan fingerprint density at radius 2 is 1.74 bits per heavy atom. The summed E-state index contributed by atoms with van der Waals surface area (Å²) in [7, 11) is 0. The van der Waals surface area contributed by atoms with Crippen LogP contribution in [0.5, 0.6) is 17.4 Å². The van der Waals surface area contributed by atoms with Gasteiger partial charge in [0.15, 0.2) is 11.5 Å². The first-order valence-corrected chi connectivity index (χ1v) is 11.3. The summed E-state index contributed by atoms with van der Waals surface area (Å²) in [6, 6.07) is 27.7. The molecular formula is C28H24N4O3. The van der Waals surface area contributed by atoms with Crippen molar-refractivity contribution in [2.24, 2.45) is 5.73 Å². The lowest BCUT2D eigenvalue weighted by Crippen LogP contribution is -2.21. The van der Waals surface area contributed by atoms with Gasteiger partial charge in [-0.1, -0.05) is 66.7 Å². The van der Waals surface area contributed by atoms with Crippen LogP contribution in [-0.2, 0) is 6.61 Å². The predicted molar refractivity (Wildman–Crippen MR) is 132 cm³/mol. The number of rotatable bonds is 7. The Morgan fingerprint density at radius 1 is 1.00 bits per heavy atom. The number of benzene rings is 3. The van der Waals surface area contributed by atoms with Crippen LogP contribution in [0.3, 0.4) is 0 Å². The third-order valence-electron chi connectivity index (χ3n) is 5.84. The van der Waals surface area contributed by atoms with E-state index >= 15 is 0 Å².